The van der Waals surface area contributed by atoms with Gasteiger partial charge in [-0.05, 0) is 36.5 Å². The topological polar surface area (TPSA) is 12.5 Å². The van der Waals surface area contributed by atoms with Gasteiger partial charge in [0.05, 0.1) is 18.8 Å². The zero-order valence-corrected chi connectivity index (χ0v) is 10.7. The molecule has 3 aliphatic rings. The zero-order chi connectivity index (χ0) is 11.8. The van der Waals surface area contributed by atoms with E-state index in [1.54, 1.807) is 0 Å². The van der Waals surface area contributed by atoms with Gasteiger partial charge in [0.25, 0.3) is 0 Å². The molecule has 0 N–H and O–H groups in total. The highest BCUT2D eigenvalue weighted by Crippen LogP contribution is 2.31. The van der Waals surface area contributed by atoms with E-state index < -0.39 is 0 Å². The molecule has 17 heavy (non-hydrogen) atoms. The van der Waals surface area contributed by atoms with Crippen LogP contribution in [-0.4, -0.2) is 25.3 Å². The molecule has 0 aliphatic carbocycles. The predicted molar refractivity (Wildman–Crippen MR) is 70.6 cm³/mol. The molecule has 2 bridgehead atoms. The molecule has 0 saturated carbocycles. The van der Waals surface area contributed by atoms with E-state index in [-0.39, 0.29) is 0 Å². The van der Waals surface area contributed by atoms with Gasteiger partial charge in [-0.1, -0.05) is 26.0 Å². The van der Waals surface area contributed by atoms with E-state index in [0.29, 0.717) is 18.1 Å². The molecule has 4 rings (SSSR count). The van der Waals surface area contributed by atoms with Crippen molar-refractivity contribution in [3.63, 3.8) is 0 Å². The van der Waals surface area contributed by atoms with Gasteiger partial charge in [0.2, 0.25) is 0 Å². The lowest BCUT2D eigenvalue weighted by Gasteiger charge is -2.46. The number of hydrogen-bond acceptors (Lipinski definition) is 2. The van der Waals surface area contributed by atoms with Gasteiger partial charge in [0.1, 0.15) is 0 Å². The normalized spacial score (nSPS) is 27.8. The molecule has 2 atom stereocenters. The number of ether oxygens (including phenoxy) is 1. The van der Waals surface area contributed by atoms with E-state index in [4.69, 9.17) is 4.74 Å². The smallest absolute Gasteiger partial charge is 0.0751 e. The summed E-state index contributed by atoms with van der Waals surface area (Å²) in [7, 11) is 0. The number of anilines is 1. The molecular weight excluding hydrogens is 210 g/mol. The molecule has 0 amide bonds. The average Bonchev–Trinajstić information content (AvgIpc) is 2.40. The molecule has 2 heteroatoms. The fraction of sp³-hybridized carbons (Fsp3) is 0.600. The van der Waals surface area contributed by atoms with Gasteiger partial charge < -0.3 is 9.64 Å². The average molecular weight is 231 g/mol. The van der Waals surface area contributed by atoms with Crippen molar-refractivity contribution < 1.29 is 4.74 Å². The van der Waals surface area contributed by atoms with Crippen LogP contribution in [0.1, 0.15) is 38.2 Å². The molecule has 1 unspecified atom stereocenters. The van der Waals surface area contributed by atoms with Crippen molar-refractivity contribution >= 4 is 5.69 Å². The Morgan fingerprint density at radius 3 is 2.41 bits per heavy atom. The monoisotopic (exact) mass is 231 g/mol. The quantitative estimate of drug-likeness (QED) is 0.775. The molecule has 92 valence electrons. The molecule has 1 aromatic carbocycles. The maximum Gasteiger partial charge on any atom is 0.0751 e. The molecule has 3 fully saturated rings. The summed E-state index contributed by atoms with van der Waals surface area (Å²) in [5.41, 5.74) is 2.79. The number of hydrogen-bond donors (Lipinski definition) is 0. The van der Waals surface area contributed by atoms with Crippen molar-refractivity contribution in [2.45, 2.75) is 44.8 Å². The molecule has 0 radical (unpaired) electrons. The van der Waals surface area contributed by atoms with Crippen LogP contribution in [0.4, 0.5) is 5.69 Å². The van der Waals surface area contributed by atoms with Crippen LogP contribution < -0.4 is 4.90 Å². The van der Waals surface area contributed by atoms with E-state index in [9.17, 15) is 0 Å². The van der Waals surface area contributed by atoms with Crippen LogP contribution >= 0.6 is 0 Å². The molecule has 2 nitrogen and oxygen atoms in total. The number of benzene rings is 1. The summed E-state index contributed by atoms with van der Waals surface area (Å²) in [6.07, 6.45) is 2.99. The minimum atomic E-state index is 0.463. The summed E-state index contributed by atoms with van der Waals surface area (Å²) >= 11 is 0. The van der Waals surface area contributed by atoms with Gasteiger partial charge in [0.15, 0.2) is 0 Å². The van der Waals surface area contributed by atoms with Gasteiger partial charge in [0, 0.05) is 12.2 Å². The van der Waals surface area contributed by atoms with Crippen LogP contribution in [0.25, 0.3) is 0 Å². The van der Waals surface area contributed by atoms with Crippen LogP contribution in [0.3, 0.4) is 0 Å². The Balaban J connectivity index is 1.80. The fourth-order valence-electron chi connectivity index (χ4n) is 2.92. The highest BCUT2D eigenvalue weighted by Gasteiger charge is 2.34. The Morgan fingerprint density at radius 2 is 1.94 bits per heavy atom. The highest BCUT2D eigenvalue weighted by molar-refractivity contribution is 5.50. The Bertz CT molecular complexity index is 376. The zero-order valence-electron chi connectivity index (χ0n) is 10.7. The molecule has 3 aliphatic heterocycles. The van der Waals surface area contributed by atoms with Gasteiger partial charge >= 0.3 is 0 Å². The van der Waals surface area contributed by atoms with Crippen LogP contribution in [-0.2, 0) is 4.74 Å². The first-order valence-electron chi connectivity index (χ1n) is 6.72. The number of fused-ring (bicyclic) bond motifs is 3. The Morgan fingerprint density at radius 1 is 1.18 bits per heavy atom. The molecular formula is C15H21NO. The first-order valence-corrected chi connectivity index (χ1v) is 6.72. The van der Waals surface area contributed by atoms with Crippen LogP contribution in [0.5, 0.6) is 0 Å². The van der Waals surface area contributed by atoms with E-state index >= 15 is 0 Å². The third-order valence-electron chi connectivity index (χ3n) is 4.08. The summed E-state index contributed by atoms with van der Waals surface area (Å²) in [4.78, 5) is 2.53. The summed E-state index contributed by atoms with van der Waals surface area (Å²) < 4.78 is 5.75. The van der Waals surface area contributed by atoms with Crippen molar-refractivity contribution in [1.82, 2.24) is 0 Å². The predicted octanol–water partition coefficient (Wildman–Crippen LogP) is 3.18. The largest absolute Gasteiger partial charge is 0.374 e. The Kier molecular flexibility index (Phi) is 2.83. The summed E-state index contributed by atoms with van der Waals surface area (Å²) in [5, 5.41) is 0. The lowest BCUT2D eigenvalue weighted by molar-refractivity contribution is -0.0225. The van der Waals surface area contributed by atoms with E-state index in [1.807, 2.05) is 0 Å². The number of rotatable bonds is 2. The second kappa shape index (κ2) is 4.34. The summed E-state index contributed by atoms with van der Waals surface area (Å²) in [6, 6.07) is 9.68. The van der Waals surface area contributed by atoms with E-state index in [0.717, 1.165) is 13.2 Å². The summed E-state index contributed by atoms with van der Waals surface area (Å²) in [5.74, 6) is 0.616. The van der Waals surface area contributed by atoms with Crippen molar-refractivity contribution in [1.29, 1.82) is 0 Å². The van der Waals surface area contributed by atoms with Gasteiger partial charge in [-0.25, -0.2) is 0 Å². The summed E-state index contributed by atoms with van der Waals surface area (Å²) in [6.45, 7) is 6.47. The van der Waals surface area contributed by atoms with Gasteiger partial charge in [-0.15, -0.1) is 0 Å². The third-order valence-corrected chi connectivity index (χ3v) is 4.08. The maximum absolute atomic E-state index is 5.75. The minimum absolute atomic E-state index is 0.463. The van der Waals surface area contributed by atoms with Crippen LogP contribution in [0, 0.1) is 0 Å². The molecule has 0 spiro atoms. The number of piperidine rings is 1. The van der Waals surface area contributed by atoms with Crippen molar-refractivity contribution in [2.24, 2.45) is 0 Å². The lowest BCUT2D eigenvalue weighted by atomic mass is 9.95. The van der Waals surface area contributed by atoms with E-state index in [1.165, 1.54) is 24.1 Å². The second-order valence-corrected chi connectivity index (χ2v) is 5.59. The first kappa shape index (κ1) is 11.1. The van der Waals surface area contributed by atoms with Gasteiger partial charge in [-0.2, -0.15) is 0 Å². The molecule has 3 saturated heterocycles. The van der Waals surface area contributed by atoms with Crippen LogP contribution in [0.15, 0.2) is 24.3 Å². The Labute approximate surface area is 104 Å². The fourth-order valence-corrected chi connectivity index (χ4v) is 2.92. The standard InChI is InChI=1S/C15H21NO/c1-11(2)12-3-5-13(6-4-12)16-9-15-8-7-14(16)10-17-15/h3-6,11,14-15H,7-10H2,1-2H3/t14?,15-/m1/s1. The lowest BCUT2D eigenvalue weighted by Crippen LogP contribution is -2.54. The SMILES string of the molecule is CC(C)c1ccc(N2C[C@H]3CCC2CO3)cc1. The maximum atomic E-state index is 5.75. The third kappa shape index (κ3) is 2.06. The van der Waals surface area contributed by atoms with E-state index in [2.05, 4.69) is 43.0 Å². The number of nitrogens with zero attached hydrogens (tertiary/aromatic N) is 1. The Hall–Kier alpha value is -1.02. The van der Waals surface area contributed by atoms with Gasteiger partial charge in [-0.3, -0.25) is 0 Å². The molecule has 0 aromatic heterocycles. The van der Waals surface area contributed by atoms with Crippen molar-refractivity contribution in [3.05, 3.63) is 29.8 Å². The number of morpholine rings is 1. The molecule has 1 aromatic rings. The van der Waals surface area contributed by atoms with Crippen molar-refractivity contribution in [2.75, 3.05) is 18.1 Å². The first-order chi connectivity index (χ1) is 8.24. The minimum Gasteiger partial charge on any atom is -0.374 e. The van der Waals surface area contributed by atoms with Crippen molar-refractivity contribution in [3.8, 4) is 0 Å². The molecule has 3 heterocycles. The van der Waals surface area contributed by atoms with Crippen LogP contribution in [0.2, 0.25) is 0 Å². The highest BCUT2D eigenvalue weighted by atomic mass is 16.5. The second-order valence-electron chi connectivity index (χ2n) is 5.59.